The van der Waals surface area contributed by atoms with Crippen molar-refractivity contribution in [2.45, 2.75) is 11.7 Å². The zero-order valence-corrected chi connectivity index (χ0v) is 9.97. The minimum Gasteiger partial charge on any atom is -0.481 e. The molecule has 0 fully saturated rings. The van der Waals surface area contributed by atoms with Gasteiger partial charge >= 0.3 is 5.97 Å². The molecule has 94 valence electrons. The molecule has 1 aromatic heterocycles. The average Bonchev–Trinajstić information content (AvgIpc) is 2.74. The molecular formula is C10H9FN4O2S. The van der Waals surface area contributed by atoms with Gasteiger partial charge in [0.05, 0.1) is 12.3 Å². The van der Waals surface area contributed by atoms with Gasteiger partial charge in [-0.3, -0.25) is 4.79 Å². The van der Waals surface area contributed by atoms with E-state index in [1.807, 2.05) is 0 Å². The van der Waals surface area contributed by atoms with Gasteiger partial charge in [0.15, 0.2) is 0 Å². The largest absolute Gasteiger partial charge is 0.481 e. The summed E-state index contributed by atoms with van der Waals surface area (Å²) >= 11 is 1.02. The first-order valence-electron chi connectivity index (χ1n) is 5.00. The van der Waals surface area contributed by atoms with E-state index in [9.17, 15) is 9.18 Å². The molecule has 0 aliphatic rings. The second kappa shape index (κ2) is 5.58. The van der Waals surface area contributed by atoms with Gasteiger partial charge in [0.25, 0.3) is 0 Å². The minimum absolute atomic E-state index is 0.122. The van der Waals surface area contributed by atoms with E-state index in [1.165, 1.54) is 16.8 Å². The molecule has 1 aromatic carbocycles. The van der Waals surface area contributed by atoms with Crippen LogP contribution >= 0.6 is 11.8 Å². The van der Waals surface area contributed by atoms with Gasteiger partial charge in [-0.2, -0.15) is 0 Å². The molecule has 0 saturated heterocycles. The van der Waals surface area contributed by atoms with E-state index >= 15 is 0 Å². The van der Waals surface area contributed by atoms with Crippen LogP contribution in [0, 0.1) is 5.82 Å². The minimum atomic E-state index is -0.944. The standard InChI is InChI=1S/C10H9FN4O2S/c11-8-3-1-2-7(4-8)5-15-10(12-13-14-15)18-6-9(16)17/h1-4H,5-6H2,(H,16,17). The Balaban J connectivity index is 2.10. The molecule has 1 N–H and O–H groups in total. The molecule has 18 heavy (non-hydrogen) atoms. The lowest BCUT2D eigenvalue weighted by molar-refractivity contribution is -0.133. The lowest BCUT2D eigenvalue weighted by atomic mass is 10.2. The van der Waals surface area contributed by atoms with Crippen LogP contribution in [0.2, 0.25) is 0 Å². The number of carboxylic acid groups (broad SMARTS) is 1. The number of carbonyl (C=O) groups is 1. The fraction of sp³-hybridized carbons (Fsp3) is 0.200. The van der Waals surface area contributed by atoms with Crippen LogP contribution in [0.15, 0.2) is 29.4 Å². The van der Waals surface area contributed by atoms with E-state index < -0.39 is 5.97 Å². The van der Waals surface area contributed by atoms with Crippen molar-refractivity contribution in [1.29, 1.82) is 0 Å². The monoisotopic (exact) mass is 268 g/mol. The van der Waals surface area contributed by atoms with Gasteiger partial charge in [0, 0.05) is 0 Å². The van der Waals surface area contributed by atoms with E-state index in [-0.39, 0.29) is 11.6 Å². The Morgan fingerprint density at radius 2 is 2.33 bits per heavy atom. The van der Waals surface area contributed by atoms with Crippen LogP contribution in [-0.4, -0.2) is 37.0 Å². The summed E-state index contributed by atoms with van der Waals surface area (Å²) in [5.74, 6) is -1.40. The molecule has 0 aliphatic carbocycles. The Labute approximate surface area is 106 Å². The number of aliphatic carboxylic acids is 1. The molecular weight excluding hydrogens is 259 g/mol. The lowest BCUT2D eigenvalue weighted by Crippen LogP contribution is -2.06. The SMILES string of the molecule is O=C(O)CSc1nnnn1Cc1cccc(F)c1. The number of rotatable bonds is 5. The Kier molecular flexibility index (Phi) is 3.88. The van der Waals surface area contributed by atoms with Crippen LogP contribution < -0.4 is 0 Å². The third-order valence-corrected chi connectivity index (χ3v) is 2.99. The van der Waals surface area contributed by atoms with Gasteiger partial charge in [0.2, 0.25) is 5.16 Å². The highest BCUT2D eigenvalue weighted by atomic mass is 32.2. The summed E-state index contributed by atoms with van der Waals surface area (Å²) in [7, 11) is 0. The fourth-order valence-corrected chi connectivity index (χ4v) is 1.93. The molecule has 0 atom stereocenters. The zero-order chi connectivity index (χ0) is 13.0. The number of benzene rings is 1. The third-order valence-electron chi connectivity index (χ3n) is 2.05. The molecule has 0 bridgehead atoms. The molecule has 8 heteroatoms. The summed E-state index contributed by atoms with van der Waals surface area (Å²) in [6.45, 7) is 0.298. The highest BCUT2D eigenvalue weighted by molar-refractivity contribution is 7.99. The topological polar surface area (TPSA) is 80.9 Å². The van der Waals surface area contributed by atoms with Crippen molar-refractivity contribution in [3.8, 4) is 0 Å². The normalized spacial score (nSPS) is 10.5. The van der Waals surface area contributed by atoms with Crippen LogP contribution in [0.25, 0.3) is 0 Å². The predicted octanol–water partition coefficient (Wildman–Crippen LogP) is 1.04. The van der Waals surface area contributed by atoms with Crippen LogP contribution in [-0.2, 0) is 11.3 Å². The highest BCUT2D eigenvalue weighted by Crippen LogP contribution is 2.15. The van der Waals surface area contributed by atoms with Gasteiger partial charge in [-0.1, -0.05) is 23.9 Å². The van der Waals surface area contributed by atoms with Crippen molar-refractivity contribution in [3.05, 3.63) is 35.6 Å². The van der Waals surface area contributed by atoms with E-state index in [1.54, 1.807) is 12.1 Å². The van der Waals surface area contributed by atoms with Crippen molar-refractivity contribution < 1.29 is 14.3 Å². The van der Waals surface area contributed by atoms with Gasteiger partial charge in [0.1, 0.15) is 5.82 Å². The summed E-state index contributed by atoms with van der Waals surface area (Å²) < 4.78 is 14.4. The zero-order valence-electron chi connectivity index (χ0n) is 9.15. The summed E-state index contributed by atoms with van der Waals surface area (Å²) in [5.41, 5.74) is 0.708. The molecule has 1 heterocycles. The highest BCUT2D eigenvalue weighted by Gasteiger charge is 2.09. The summed E-state index contributed by atoms with van der Waals surface area (Å²) in [6.07, 6.45) is 0. The third kappa shape index (κ3) is 3.27. The number of hydrogen-bond acceptors (Lipinski definition) is 5. The second-order valence-corrected chi connectivity index (χ2v) is 4.37. The number of tetrazole rings is 1. The van der Waals surface area contributed by atoms with E-state index in [2.05, 4.69) is 15.5 Å². The maximum atomic E-state index is 13.0. The van der Waals surface area contributed by atoms with Crippen LogP contribution in [0.3, 0.4) is 0 Å². The Bertz CT molecular complexity index is 560. The molecule has 6 nitrogen and oxygen atoms in total. The van der Waals surface area contributed by atoms with Crippen molar-refractivity contribution in [2.75, 3.05) is 5.75 Å². The van der Waals surface area contributed by atoms with Crippen molar-refractivity contribution in [2.24, 2.45) is 0 Å². The lowest BCUT2D eigenvalue weighted by Gasteiger charge is -2.03. The average molecular weight is 268 g/mol. The van der Waals surface area contributed by atoms with Gasteiger partial charge in [-0.05, 0) is 28.1 Å². The maximum Gasteiger partial charge on any atom is 0.313 e. The molecule has 0 aliphatic heterocycles. The Hall–Kier alpha value is -1.96. The summed E-state index contributed by atoms with van der Waals surface area (Å²) in [5, 5.41) is 19.9. The first-order chi connectivity index (χ1) is 8.65. The predicted molar refractivity (Wildman–Crippen MR) is 61.7 cm³/mol. The molecule has 2 aromatic rings. The Morgan fingerprint density at radius 3 is 3.06 bits per heavy atom. The van der Waals surface area contributed by atoms with Gasteiger partial charge in [-0.15, -0.1) is 5.10 Å². The molecule has 0 unspecified atom stereocenters. The van der Waals surface area contributed by atoms with Gasteiger partial charge in [-0.25, -0.2) is 9.07 Å². The molecule has 2 rings (SSSR count). The summed E-state index contributed by atoms with van der Waals surface area (Å²) in [6, 6.07) is 6.08. The molecule has 0 spiro atoms. The number of nitrogens with zero attached hydrogens (tertiary/aromatic N) is 4. The fourth-order valence-electron chi connectivity index (χ4n) is 1.33. The molecule has 0 amide bonds. The quantitative estimate of drug-likeness (QED) is 0.816. The number of thioether (sulfide) groups is 1. The van der Waals surface area contributed by atoms with Crippen LogP contribution in [0.5, 0.6) is 0 Å². The first kappa shape index (κ1) is 12.5. The van der Waals surface area contributed by atoms with Gasteiger partial charge < -0.3 is 5.11 Å². The first-order valence-corrected chi connectivity index (χ1v) is 5.99. The van der Waals surface area contributed by atoms with E-state index in [0.29, 0.717) is 17.3 Å². The number of halogens is 1. The van der Waals surface area contributed by atoms with E-state index in [4.69, 9.17) is 5.11 Å². The summed E-state index contributed by atoms with van der Waals surface area (Å²) in [4.78, 5) is 10.5. The second-order valence-electron chi connectivity index (χ2n) is 3.43. The molecule has 0 radical (unpaired) electrons. The smallest absolute Gasteiger partial charge is 0.313 e. The number of hydrogen-bond donors (Lipinski definition) is 1. The van der Waals surface area contributed by atoms with Crippen molar-refractivity contribution in [1.82, 2.24) is 20.2 Å². The Morgan fingerprint density at radius 1 is 1.50 bits per heavy atom. The number of aromatic nitrogens is 4. The van der Waals surface area contributed by atoms with Crippen LogP contribution in [0.1, 0.15) is 5.56 Å². The number of carboxylic acids is 1. The van der Waals surface area contributed by atoms with Crippen molar-refractivity contribution in [3.63, 3.8) is 0 Å². The molecule has 0 saturated carbocycles. The van der Waals surface area contributed by atoms with E-state index in [0.717, 1.165) is 11.8 Å². The van der Waals surface area contributed by atoms with Crippen LogP contribution in [0.4, 0.5) is 4.39 Å². The van der Waals surface area contributed by atoms with Crippen molar-refractivity contribution >= 4 is 17.7 Å². The maximum absolute atomic E-state index is 13.0.